The van der Waals surface area contributed by atoms with Crippen LogP contribution in [0.3, 0.4) is 0 Å². The Morgan fingerprint density at radius 2 is 2.07 bits per heavy atom. The number of hydrogen-bond donors (Lipinski definition) is 2. The normalized spacial score (nSPS) is 19.1. The lowest BCUT2D eigenvalue weighted by Crippen LogP contribution is -2.40. The summed E-state index contributed by atoms with van der Waals surface area (Å²) in [5.41, 5.74) is 5.64. The highest BCUT2D eigenvalue weighted by molar-refractivity contribution is 5.92. The van der Waals surface area contributed by atoms with Crippen molar-refractivity contribution in [2.75, 3.05) is 7.05 Å². The van der Waals surface area contributed by atoms with Gasteiger partial charge in [0.2, 0.25) is 11.8 Å². The molecule has 1 rings (SSSR count). The largest absolute Gasteiger partial charge is 0.369 e. The Bertz CT molecular complexity index is 306. The molecule has 1 atom stereocenters. The van der Waals surface area contributed by atoms with E-state index in [9.17, 15) is 9.59 Å². The summed E-state index contributed by atoms with van der Waals surface area (Å²) in [6.07, 6.45) is 1.96. The number of carbonyl (C=O) groups excluding carboxylic acids is 2. The smallest absolute Gasteiger partial charge is 0.224 e. The second kappa shape index (κ2) is 4.04. The Kier molecular flexibility index (Phi) is 3.17. The molecule has 0 aromatic carbocycles. The van der Waals surface area contributed by atoms with E-state index in [1.165, 1.54) is 0 Å². The van der Waals surface area contributed by atoms with E-state index in [-0.39, 0.29) is 17.7 Å². The third-order valence-electron chi connectivity index (χ3n) is 3.06. The van der Waals surface area contributed by atoms with Crippen molar-refractivity contribution < 1.29 is 9.59 Å². The van der Waals surface area contributed by atoms with Gasteiger partial charge in [0.1, 0.15) is 0 Å². The maximum Gasteiger partial charge on any atom is 0.224 e. The van der Waals surface area contributed by atoms with E-state index in [2.05, 4.69) is 11.9 Å². The summed E-state index contributed by atoms with van der Waals surface area (Å²) < 4.78 is 0. The van der Waals surface area contributed by atoms with Crippen LogP contribution < -0.4 is 11.1 Å². The Labute approximate surface area is 89.9 Å². The zero-order valence-corrected chi connectivity index (χ0v) is 9.30. The third-order valence-corrected chi connectivity index (χ3v) is 3.06. The molecule has 0 bridgehead atoms. The summed E-state index contributed by atoms with van der Waals surface area (Å²) in [6, 6.07) is 0. The summed E-state index contributed by atoms with van der Waals surface area (Å²) in [4.78, 5) is 23.0. The summed E-state index contributed by atoms with van der Waals surface area (Å²) in [7, 11) is 1.57. The molecule has 1 unspecified atom stereocenters. The first kappa shape index (κ1) is 11.8. The Hall–Kier alpha value is -1.32. The number of nitrogens with one attached hydrogen (secondary N) is 1. The van der Waals surface area contributed by atoms with Crippen molar-refractivity contribution in [1.29, 1.82) is 0 Å². The predicted octanol–water partition coefficient (Wildman–Crippen LogP) is 0.580. The fraction of sp³-hybridized carbons (Fsp3) is 0.636. The first-order chi connectivity index (χ1) is 6.94. The van der Waals surface area contributed by atoms with E-state index in [4.69, 9.17) is 5.73 Å². The van der Waals surface area contributed by atoms with Gasteiger partial charge >= 0.3 is 0 Å². The number of primary amides is 1. The molecule has 0 aromatic heterocycles. The molecule has 1 fully saturated rings. The van der Waals surface area contributed by atoms with Gasteiger partial charge in [0.15, 0.2) is 0 Å². The number of hydrogen-bond acceptors (Lipinski definition) is 2. The Balaban J connectivity index is 2.86. The van der Waals surface area contributed by atoms with Gasteiger partial charge < -0.3 is 11.1 Å². The standard InChI is InChI=1S/C11H18N2O2/c1-7(2)6-8(9(14)13-3)11(4-5-11)10(12)15/h8H,1,4-6H2,2-3H3,(H2,12,15)(H,13,14). The van der Waals surface area contributed by atoms with Crippen LogP contribution in [0.1, 0.15) is 26.2 Å². The maximum absolute atomic E-state index is 11.7. The molecule has 84 valence electrons. The van der Waals surface area contributed by atoms with E-state index < -0.39 is 5.41 Å². The molecular formula is C11H18N2O2. The first-order valence-corrected chi connectivity index (χ1v) is 5.10. The summed E-state index contributed by atoms with van der Waals surface area (Å²) in [5, 5.41) is 2.58. The average molecular weight is 210 g/mol. The number of nitrogens with two attached hydrogens (primary N) is 1. The zero-order chi connectivity index (χ0) is 11.6. The average Bonchev–Trinajstić information content (AvgIpc) is 2.93. The van der Waals surface area contributed by atoms with Gasteiger partial charge in [-0.25, -0.2) is 0 Å². The van der Waals surface area contributed by atoms with Crippen molar-refractivity contribution in [2.24, 2.45) is 17.1 Å². The molecule has 0 saturated heterocycles. The highest BCUT2D eigenvalue weighted by Crippen LogP contribution is 2.53. The maximum atomic E-state index is 11.7. The Morgan fingerprint density at radius 1 is 1.53 bits per heavy atom. The lowest BCUT2D eigenvalue weighted by molar-refractivity contribution is -0.134. The highest BCUT2D eigenvalue weighted by atomic mass is 16.2. The van der Waals surface area contributed by atoms with Crippen molar-refractivity contribution in [2.45, 2.75) is 26.2 Å². The molecule has 0 radical (unpaired) electrons. The number of rotatable bonds is 5. The minimum atomic E-state index is -0.612. The van der Waals surface area contributed by atoms with Gasteiger partial charge in [-0.3, -0.25) is 9.59 Å². The van der Waals surface area contributed by atoms with E-state index in [1.54, 1.807) is 7.05 Å². The summed E-state index contributed by atoms with van der Waals surface area (Å²) in [6.45, 7) is 5.63. The lowest BCUT2D eigenvalue weighted by Gasteiger charge is -2.22. The van der Waals surface area contributed by atoms with Crippen molar-refractivity contribution in [1.82, 2.24) is 5.32 Å². The van der Waals surface area contributed by atoms with Gasteiger partial charge in [-0.05, 0) is 26.2 Å². The van der Waals surface area contributed by atoms with Crippen molar-refractivity contribution in [3.63, 3.8) is 0 Å². The SMILES string of the molecule is C=C(C)CC(C(=O)NC)C1(C(N)=O)CC1. The topological polar surface area (TPSA) is 72.2 Å². The van der Waals surface area contributed by atoms with Crippen LogP contribution in [0, 0.1) is 11.3 Å². The molecule has 1 aliphatic carbocycles. The number of amides is 2. The molecule has 4 nitrogen and oxygen atoms in total. The second-order valence-corrected chi connectivity index (χ2v) is 4.35. The van der Waals surface area contributed by atoms with Gasteiger partial charge in [0.25, 0.3) is 0 Å². The van der Waals surface area contributed by atoms with Crippen LogP contribution in [0.15, 0.2) is 12.2 Å². The number of allylic oxidation sites excluding steroid dienone is 1. The second-order valence-electron chi connectivity index (χ2n) is 4.35. The molecule has 1 aliphatic rings. The fourth-order valence-electron chi connectivity index (χ4n) is 1.96. The summed E-state index contributed by atoms with van der Waals surface area (Å²) in [5.74, 6) is -0.829. The van der Waals surface area contributed by atoms with E-state index in [0.29, 0.717) is 19.3 Å². The highest BCUT2D eigenvalue weighted by Gasteiger charge is 2.56. The monoisotopic (exact) mass is 210 g/mol. The fourth-order valence-corrected chi connectivity index (χ4v) is 1.96. The van der Waals surface area contributed by atoms with Gasteiger partial charge in [-0.2, -0.15) is 0 Å². The minimum Gasteiger partial charge on any atom is -0.369 e. The zero-order valence-electron chi connectivity index (χ0n) is 9.30. The molecule has 0 heterocycles. The molecule has 0 aliphatic heterocycles. The minimum absolute atomic E-state index is 0.116. The van der Waals surface area contributed by atoms with Gasteiger partial charge in [-0.15, -0.1) is 6.58 Å². The van der Waals surface area contributed by atoms with Crippen LogP contribution in [0.5, 0.6) is 0 Å². The molecule has 0 spiro atoms. The first-order valence-electron chi connectivity index (χ1n) is 5.10. The van der Waals surface area contributed by atoms with E-state index >= 15 is 0 Å². The van der Waals surface area contributed by atoms with Crippen molar-refractivity contribution in [3.05, 3.63) is 12.2 Å². The van der Waals surface area contributed by atoms with Crippen LogP contribution in [0.25, 0.3) is 0 Å². The van der Waals surface area contributed by atoms with Gasteiger partial charge in [0.05, 0.1) is 11.3 Å². The van der Waals surface area contributed by atoms with Crippen LogP contribution in [0.4, 0.5) is 0 Å². The molecular weight excluding hydrogens is 192 g/mol. The van der Waals surface area contributed by atoms with E-state index in [0.717, 1.165) is 5.57 Å². The van der Waals surface area contributed by atoms with Crippen molar-refractivity contribution >= 4 is 11.8 Å². The molecule has 4 heteroatoms. The molecule has 3 N–H and O–H groups in total. The summed E-state index contributed by atoms with van der Waals surface area (Å²) >= 11 is 0. The van der Waals surface area contributed by atoms with Crippen molar-refractivity contribution in [3.8, 4) is 0 Å². The quantitative estimate of drug-likeness (QED) is 0.651. The van der Waals surface area contributed by atoms with Crippen LogP contribution in [0.2, 0.25) is 0 Å². The number of carbonyl (C=O) groups is 2. The molecule has 1 saturated carbocycles. The molecule has 2 amide bonds. The van der Waals surface area contributed by atoms with Gasteiger partial charge in [-0.1, -0.05) is 5.57 Å². The molecule has 0 aromatic rings. The lowest BCUT2D eigenvalue weighted by atomic mass is 9.83. The Morgan fingerprint density at radius 3 is 2.33 bits per heavy atom. The van der Waals surface area contributed by atoms with Gasteiger partial charge in [0, 0.05) is 7.05 Å². The predicted molar refractivity (Wildman–Crippen MR) is 57.8 cm³/mol. The third kappa shape index (κ3) is 2.19. The van der Waals surface area contributed by atoms with Crippen LogP contribution in [-0.4, -0.2) is 18.9 Å². The van der Waals surface area contributed by atoms with Crippen LogP contribution in [-0.2, 0) is 9.59 Å². The van der Waals surface area contributed by atoms with Crippen LogP contribution >= 0.6 is 0 Å². The molecule has 15 heavy (non-hydrogen) atoms. The van der Waals surface area contributed by atoms with E-state index in [1.807, 2.05) is 6.92 Å².